The van der Waals surface area contributed by atoms with Crippen LogP contribution in [0.2, 0.25) is 0 Å². The molecule has 3 nitrogen and oxygen atoms in total. The van der Waals surface area contributed by atoms with Crippen LogP contribution in [0.4, 0.5) is 5.69 Å². The molecular formula is C13H22ClN3. The van der Waals surface area contributed by atoms with E-state index in [1.54, 1.807) is 0 Å². The Kier molecular flexibility index (Phi) is 5.22. The van der Waals surface area contributed by atoms with E-state index in [2.05, 4.69) is 59.8 Å². The maximum Gasteiger partial charge on any atom is 0.171 e. The first-order valence-corrected chi connectivity index (χ1v) is 6.11. The second-order valence-corrected chi connectivity index (χ2v) is 4.89. The minimum absolute atomic E-state index is 0. The van der Waals surface area contributed by atoms with Gasteiger partial charge >= 0.3 is 0 Å². The predicted octanol–water partition coefficient (Wildman–Crippen LogP) is -1.69. The maximum absolute atomic E-state index is 2.46. The number of piperazine rings is 1. The summed E-state index contributed by atoms with van der Waals surface area (Å²) >= 11 is 0. The van der Waals surface area contributed by atoms with E-state index in [-0.39, 0.29) is 12.4 Å². The molecule has 0 aromatic carbocycles. The highest BCUT2D eigenvalue weighted by Gasteiger charge is 2.15. The molecule has 0 N–H and O–H groups in total. The number of nitrogens with zero attached hydrogens (tertiary/aromatic N) is 3. The number of hydrogen-bond donors (Lipinski definition) is 0. The largest absolute Gasteiger partial charge is 1.00 e. The monoisotopic (exact) mass is 255 g/mol. The lowest BCUT2D eigenvalue weighted by atomic mass is 10.2. The fourth-order valence-corrected chi connectivity index (χ4v) is 2.05. The highest BCUT2D eigenvalue weighted by atomic mass is 35.5. The Morgan fingerprint density at radius 3 is 2.06 bits per heavy atom. The van der Waals surface area contributed by atoms with E-state index >= 15 is 0 Å². The minimum Gasteiger partial charge on any atom is -1.00 e. The van der Waals surface area contributed by atoms with Gasteiger partial charge < -0.3 is 22.2 Å². The number of hydrogen-bond acceptors (Lipinski definition) is 2. The lowest BCUT2D eigenvalue weighted by molar-refractivity contribution is -0.716. The third kappa shape index (κ3) is 3.58. The second kappa shape index (κ2) is 6.22. The highest BCUT2D eigenvalue weighted by Crippen LogP contribution is 2.13. The van der Waals surface area contributed by atoms with Crippen molar-refractivity contribution in [1.29, 1.82) is 0 Å². The van der Waals surface area contributed by atoms with Crippen molar-refractivity contribution in [1.82, 2.24) is 4.90 Å². The summed E-state index contributed by atoms with van der Waals surface area (Å²) in [5, 5.41) is 0. The van der Waals surface area contributed by atoms with Crippen LogP contribution in [0.25, 0.3) is 0 Å². The average molecular weight is 256 g/mol. The molecule has 17 heavy (non-hydrogen) atoms. The molecule has 0 unspecified atom stereocenters. The third-order valence-electron chi connectivity index (χ3n) is 3.30. The van der Waals surface area contributed by atoms with Gasteiger partial charge in [-0.05, 0) is 20.9 Å². The van der Waals surface area contributed by atoms with Crippen LogP contribution in [0, 0.1) is 0 Å². The van der Waals surface area contributed by atoms with Gasteiger partial charge in [0.05, 0.1) is 0 Å². The maximum atomic E-state index is 2.46. The topological polar surface area (TPSA) is 10.4 Å². The standard InChI is InChI=1S/C13H22N3.ClH/c1-12(2)15-6-4-13(5-7-15)16-10-8-14(3)9-11-16;/h4-7,12H,8-11H2,1-3H3;1H/q+1;/p-1. The molecule has 2 heterocycles. The summed E-state index contributed by atoms with van der Waals surface area (Å²) in [5.74, 6) is 0. The first-order chi connectivity index (χ1) is 7.66. The van der Waals surface area contributed by atoms with Gasteiger partial charge in [-0.25, -0.2) is 4.57 Å². The second-order valence-electron chi connectivity index (χ2n) is 4.89. The van der Waals surface area contributed by atoms with Crippen molar-refractivity contribution in [2.24, 2.45) is 0 Å². The Labute approximate surface area is 110 Å². The predicted molar refractivity (Wildman–Crippen MR) is 66.7 cm³/mol. The number of halogens is 1. The Balaban J connectivity index is 0.00000144. The molecule has 1 saturated heterocycles. The molecule has 1 aromatic rings. The van der Waals surface area contributed by atoms with Crippen molar-refractivity contribution in [3.8, 4) is 0 Å². The van der Waals surface area contributed by atoms with Crippen molar-refractivity contribution in [3.05, 3.63) is 24.5 Å². The Bertz CT molecular complexity index is 329. The molecule has 1 aliphatic rings. The van der Waals surface area contributed by atoms with Crippen molar-refractivity contribution >= 4 is 5.69 Å². The van der Waals surface area contributed by atoms with Crippen LogP contribution in [0.5, 0.6) is 0 Å². The molecule has 4 heteroatoms. The van der Waals surface area contributed by atoms with E-state index < -0.39 is 0 Å². The fourth-order valence-electron chi connectivity index (χ4n) is 2.05. The fraction of sp³-hybridized carbons (Fsp3) is 0.615. The molecule has 1 aliphatic heterocycles. The van der Waals surface area contributed by atoms with Crippen LogP contribution in [-0.2, 0) is 0 Å². The number of pyridine rings is 1. The molecule has 2 rings (SSSR count). The van der Waals surface area contributed by atoms with Crippen LogP contribution in [0.15, 0.2) is 24.5 Å². The van der Waals surface area contributed by atoms with Gasteiger partial charge in [-0.2, -0.15) is 0 Å². The first-order valence-electron chi connectivity index (χ1n) is 6.11. The smallest absolute Gasteiger partial charge is 0.171 e. The van der Waals surface area contributed by atoms with Gasteiger partial charge in [-0.3, -0.25) is 0 Å². The number of rotatable bonds is 2. The summed E-state index contributed by atoms with van der Waals surface area (Å²) < 4.78 is 2.24. The van der Waals surface area contributed by atoms with Crippen LogP contribution < -0.4 is 21.9 Å². The number of likely N-dealkylation sites (N-methyl/N-ethyl adjacent to an activating group) is 1. The van der Waals surface area contributed by atoms with Gasteiger partial charge in [0.2, 0.25) is 0 Å². The molecule has 0 radical (unpaired) electrons. The molecule has 0 aliphatic carbocycles. The van der Waals surface area contributed by atoms with E-state index in [4.69, 9.17) is 0 Å². The summed E-state index contributed by atoms with van der Waals surface area (Å²) in [7, 11) is 2.19. The summed E-state index contributed by atoms with van der Waals surface area (Å²) in [6, 6.07) is 5.00. The van der Waals surface area contributed by atoms with E-state index in [0.29, 0.717) is 6.04 Å². The SMILES string of the molecule is CC(C)[n+]1ccc(N2CCN(C)CC2)cc1.[Cl-]. The zero-order chi connectivity index (χ0) is 11.5. The summed E-state index contributed by atoms with van der Waals surface area (Å²) in [6.07, 6.45) is 4.36. The normalized spacial score (nSPS) is 17.1. The van der Waals surface area contributed by atoms with E-state index in [1.165, 1.54) is 18.8 Å². The number of aromatic nitrogens is 1. The number of anilines is 1. The van der Waals surface area contributed by atoms with Crippen LogP contribution in [0.1, 0.15) is 19.9 Å². The average Bonchev–Trinajstić information content (AvgIpc) is 2.30. The first kappa shape index (κ1) is 14.3. The molecule has 0 saturated carbocycles. The van der Waals surface area contributed by atoms with E-state index in [9.17, 15) is 0 Å². The van der Waals surface area contributed by atoms with Crippen LogP contribution in [0.3, 0.4) is 0 Å². The zero-order valence-electron chi connectivity index (χ0n) is 10.9. The van der Waals surface area contributed by atoms with Crippen molar-refractivity contribution in [3.63, 3.8) is 0 Å². The van der Waals surface area contributed by atoms with Gasteiger partial charge in [0, 0.05) is 44.0 Å². The molecule has 0 amide bonds. The van der Waals surface area contributed by atoms with E-state index in [0.717, 1.165) is 13.1 Å². The Morgan fingerprint density at radius 2 is 1.59 bits per heavy atom. The summed E-state index contributed by atoms with van der Waals surface area (Å²) in [4.78, 5) is 4.85. The van der Waals surface area contributed by atoms with Crippen molar-refractivity contribution in [2.45, 2.75) is 19.9 Å². The molecule has 0 atom stereocenters. The molecule has 96 valence electrons. The van der Waals surface area contributed by atoms with Gasteiger partial charge in [0.15, 0.2) is 18.4 Å². The molecule has 1 fully saturated rings. The molecular weight excluding hydrogens is 234 g/mol. The molecule has 0 bridgehead atoms. The Hall–Kier alpha value is -0.800. The van der Waals surface area contributed by atoms with Crippen LogP contribution >= 0.6 is 0 Å². The van der Waals surface area contributed by atoms with Gasteiger partial charge in [0.1, 0.15) is 0 Å². The van der Waals surface area contributed by atoms with Gasteiger partial charge in [0.25, 0.3) is 0 Å². The molecule has 0 spiro atoms. The van der Waals surface area contributed by atoms with Gasteiger partial charge in [-0.1, -0.05) is 0 Å². The lowest BCUT2D eigenvalue weighted by Gasteiger charge is -2.33. The van der Waals surface area contributed by atoms with Crippen LogP contribution in [-0.4, -0.2) is 38.1 Å². The summed E-state index contributed by atoms with van der Waals surface area (Å²) in [5.41, 5.74) is 1.35. The summed E-state index contributed by atoms with van der Waals surface area (Å²) in [6.45, 7) is 9.02. The minimum atomic E-state index is 0. The molecule has 1 aromatic heterocycles. The van der Waals surface area contributed by atoms with Crippen molar-refractivity contribution in [2.75, 3.05) is 38.1 Å². The Morgan fingerprint density at radius 1 is 1.06 bits per heavy atom. The zero-order valence-corrected chi connectivity index (χ0v) is 11.7. The van der Waals surface area contributed by atoms with Crippen molar-refractivity contribution < 1.29 is 17.0 Å². The quantitative estimate of drug-likeness (QED) is 0.584. The highest BCUT2D eigenvalue weighted by molar-refractivity contribution is 5.44. The third-order valence-corrected chi connectivity index (χ3v) is 3.30. The van der Waals surface area contributed by atoms with Gasteiger partial charge in [-0.15, -0.1) is 0 Å². The van der Waals surface area contributed by atoms with E-state index in [1.807, 2.05) is 0 Å². The lowest BCUT2D eigenvalue weighted by Crippen LogP contribution is -3.00.